The maximum absolute atomic E-state index is 5.36. The first-order valence-corrected chi connectivity index (χ1v) is 8.41. The Morgan fingerprint density at radius 1 is 1.08 bits per heavy atom. The number of pyridine rings is 1. The largest absolute Gasteiger partial charge is 0.497 e. The van der Waals surface area contributed by atoms with Crippen molar-refractivity contribution in [2.75, 3.05) is 12.4 Å². The number of hydrogen-bond acceptors (Lipinski definition) is 3. The van der Waals surface area contributed by atoms with Crippen LogP contribution in [0.25, 0.3) is 10.9 Å². The van der Waals surface area contributed by atoms with Crippen molar-refractivity contribution < 1.29 is 4.74 Å². The van der Waals surface area contributed by atoms with Gasteiger partial charge in [0.05, 0.1) is 12.6 Å². The lowest BCUT2D eigenvalue weighted by Gasteiger charge is -2.18. The molecule has 0 saturated heterocycles. The van der Waals surface area contributed by atoms with Crippen LogP contribution in [0, 0.1) is 6.92 Å². The first-order chi connectivity index (χ1) is 11.7. The van der Waals surface area contributed by atoms with Crippen LogP contribution in [0.2, 0.25) is 0 Å². The van der Waals surface area contributed by atoms with Crippen molar-refractivity contribution in [1.82, 2.24) is 4.98 Å². The lowest BCUT2D eigenvalue weighted by Crippen LogP contribution is -2.16. The Morgan fingerprint density at radius 2 is 1.88 bits per heavy atom. The van der Waals surface area contributed by atoms with Crippen molar-refractivity contribution in [3.05, 3.63) is 65.9 Å². The van der Waals surface area contributed by atoms with Crippen molar-refractivity contribution in [3.63, 3.8) is 0 Å². The molecule has 0 fully saturated rings. The summed E-state index contributed by atoms with van der Waals surface area (Å²) in [6.07, 6.45) is 2.15. The molecule has 0 aliphatic rings. The minimum absolute atomic E-state index is 0.376. The lowest BCUT2D eigenvalue weighted by molar-refractivity contribution is 0.415. The first-order valence-electron chi connectivity index (χ1n) is 8.41. The van der Waals surface area contributed by atoms with E-state index < -0.39 is 0 Å². The van der Waals surface area contributed by atoms with Gasteiger partial charge in [-0.3, -0.25) is 4.98 Å². The number of rotatable bonds is 6. The average Bonchev–Trinajstić information content (AvgIpc) is 2.60. The topological polar surface area (TPSA) is 34.1 Å². The Labute approximate surface area is 143 Å². The van der Waals surface area contributed by atoms with Crippen LogP contribution in [0.15, 0.2) is 54.6 Å². The molecule has 3 nitrogen and oxygen atoms in total. The van der Waals surface area contributed by atoms with E-state index in [0.29, 0.717) is 6.04 Å². The highest BCUT2D eigenvalue weighted by Crippen LogP contribution is 2.28. The number of nitrogens with one attached hydrogen (secondary N) is 1. The molecule has 0 saturated carbocycles. The predicted octanol–water partition coefficient (Wildman–Crippen LogP) is 4.99. The monoisotopic (exact) mass is 320 g/mol. The standard InChI is InChI=1S/C21H24N2O/c1-15(9-10-17-7-5-4-6-8-17)22-21-13-16(2)23-20-12-11-18(24-3)14-19(20)21/h4-8,11-15H,9-10H2,1-3H3,(H,22,23)/t15-/m1/s1. The first kappa shape index (κ1) is 16.3. The Kier molecular flexibility index (Phi) is 4.99. The lowest BCUT2D eigenvalue weighted by atomic mass is 10.1. The summed E-state index contributed by atoms with van der Waals surface area (Å²) >= 11 is 0. The van der Waals surface area contributed by atoms with E-state index in [2.05, 4.69) is 53.6 Å². The second kappa shape index (κ2) is 7.35. The molecule has 0 radical (unpaired) electrons. The number of hydrogen-bond donors (Lipinski definition) is 1. The summed E-state index contributed by atoms with van der Waals surface area (Å²) in [7, 11) is 1.69. The third kappa shape index (κ3) is 3.85. The maximum Gasteiger partial charge on any atom is 0.119 e. The van der Waals surface area contributed by atoms with Crippen molar-refractivity contribution in [2.24, 2.45) is 0 Å². The van der Waals surface area contributed by atoms with Gasteiger partial charge >= 0.3 is 0 Å². The van der Waals surface area contributed by atoms with Gasteiger partial charge in [-0.2, -0.15) is 0 Å². The second-order valence-electron chi connectivity index (χ2n) is 6.26. The van der Waals surface area contributed by atoms with Crippen LogP contribution in [-0.2, 0) is 6.42 Å². The van der Waals surface area contributed by atoms with Gasteiger partial charge in [-0.25, -0.2) is 0 Å². The molecule has 24 heavy (non-hydrogen) atoms. The van der Waals surface area contributed by atoms with Crippen LogP contribution in [0.3, 0.4) is 0 Å². The fourth-order valence-corrected chi connectivity index (χ4v) is 2.95. The van der Waals surface area contributed by atoms with E-state index >= 15 is 0 Å². The highest BCUT2D eigenvalue weighted by atomic mass is 16.5. The van der Waals surface area contributed by atoms with Crippen LogP contribution >= 0.6 is 0 Å². The molecule has 0 aliphatic carbocycles. The summed E-state index contributed by atoms with van der Waals surface area (Å²) in [6, 6.07) is 19.1. The average molecular weight is 320 g/mol. The number of nitrogens with zero attached hydrogens (tertiary/aromatic N) is 1. The summed E-state index contributed by atoms with van der Waals surface area (Å²) in [5.41, 5.74) is 4.51. The second-order valence-corrected chi connectivity index (χ2v) is 6.26. The van der Waals surface area contributed by atoms with Gasteiger partial charge in [0.1, 0.15) is 5.75 Å². The van der Waals surface area contributed by atoms with Crippen molar-refractivity contribution in [3.8, 4) is 5.75 Å². The molecule has 1 aromatic heterocycles. The van der Waals surface area contributed by atoms with Crippen LogP contribution in [0.4, 0.5) is 5.69 Å². The summed E-state index contributed by atoms with van der Waals surface area (Å²) in [5, 5.41) is 4.75. The van der Waals surface area contributed by atoms with E-state index in [-0.39, 0.29) is 0 Å². The molecule has 0 unspecified atom stereocenters. The number of methoxy groups -OCH3 is 1. The van der Waals surface area contributed by atoms with Gasteiger partial charge in [-0.15, -0.1) is 0 Å². The van der Waals surface area contributed by atoms with Crippen molar-refractivity contribution in [2.45, 2.75) is 32.7 Å². The normalized spacial score (nSPS) is 12.1. The van der Waals surface area contributed by atoms with E-state index in [9.17, 15) is 0 Å². The Balaban J connectivity index is 1.78. The zero-order valence-corrected chi connectivity index (χ0v) is 14.5. The number of fused-ring (bicyclic) bond motifs is 1. The van der Waals surface area contributed by atoms with Crippen molar-refractivity contribution in [1.29, 1.82) is 0 Å². The molecular formula is C21H24N2O. The highest BCUT2D eigenvalue weighted by Gasteiger charge is 2.09. The van der Waals surface area contributed by atoms with Gasteiger partial charge in [-0.05, 0) is 56.5 Å². The molecule has 0 aliphatic heterocycles. The Hall–Kier alpha value is -2.55. The summed E-state index contributed by atoms with van der Waals surface area (Å²) in [4.78, 5) is 4.62. The van der Waals surface area contributed by atoms with Gasteiger partial charge in [-0.1, -0.05) is 30.3 Å². The molecule has 1 heterocycles. The molecule has 124 valence electrons. The Morgan fingerprint density at radius 3 is 2.62 bits per heavy atom. The smallest absolute Gasteiger partial charge is 0.119 e. The number of aromatic nitrogens is 1. The molecular weight excluding hydrogens is 296 g/mol. The zero-order chi connectivity index (χ0) is 16.9. The van der Waals surface area contributed by atoms with E-state index in [0.717, 1.165) is 40.9 Å². The van der Waals surface area contributed by atoms with Crippen LogP contribution in [0.5, 0.6) is 5.75 Å². The van der Waals surface area contributed by atoms with Gasteiger partial charge in [0.25, 0.3) is 0 Å². The van der Waals surface area contributed by atoms with Crippen LogP contribution in [-0.4, -0.2) is 18.1 Å². The third-order valence-electron chi connectivity index (χ3n) is 4.25. The molecule has 0 spiro atoms. The van der Waals surface area contributed by atoms with E-state index in [4.69, 9.17) is 4.74 Å². The van der Waals surface area contributed by atoms with Gasteiger partial charge in [0.15, 0.2) is 0 Å². The molecule has 2 aromatic carbocycles. The Bertz CT molecular complexity index is 815. The molecule has 3 heteroatoms. The van der Waals surface area contributed by atoms with Gasteiger partial charge in [0.2, 0.25) is 0 Å². The molecule has 0 bridgehead atoms. The summed E-state index contributed by atoms with van der Waals surface area (Å²) in [6.45, 7) is 4.26. The van der Waals surface area contributed by atoms with Crippen LogP contribution in [0.1, 0.15) is 24.6 Å². The third-order valence-corrected chi connectivity index (χ3v) is 4.25. The maximum atomic E-state index is 5.36. The van der Waals surface area contributed by atoms with E-state index in [1.165, 1.54) is 5.56 Å². The molecule has 3 rings (SSSR count). The highest BCUT2D eigenvalue weighted by molar-refractivity contribution is 5.92. The SMILES string of the molecule is COc1ccc2nc(C)cc(N[C@H](C)CCc3ccccc3)c2c1. The van der Waals surface area contributed by atoms with Gasteiger partial charge < -0.3 is 10.1 Å². The zero-order valence-electron chi connectivity index (χ0n) is 14.5. The van der Waals surface area contributed by atoms with E-state index in [1.54, 1.807) is 7.11 Å². The number of anilines is 1. The number of ether oxygens (including phenoxy) is 1. The van der Waals surface area contributed by atoms with E-state index in [1.807, 2.05) is 25.1 Å². The number of benzene rings is 2. The van der Waals surface area contributed by atoms with Crippen molar-refractivity contribution >= 4 is 16.6 Å². The molecule has 1 N–H and O–H groups in total. The molecule has 1 atom stereocenters. The summed E-state index contributed by atoms with van der Waals surface area (Å²) < 4.78 is 5.36. The molecule has 3 aromatic rings. The minimum Gasteiger partial charge on any atom is -0.497 e. The van der Waals surface area contributed by atoms with Gasteiger partial charge in [0, 0.05) is 22.8 Å². The minimum atomic E-state index is 0.376. The fourth-order valence-electron chi connectivity index (χ4n) is 2.95. The predicted molar refractivity (Wildman–Crippen MR) is 101 cm³/mol. The fraction of sp³-hybridized carbons (Fsp3) is 0.286. The summed E-state index contributed by atoms with van der Waals surface area (Å²) in [5.74, 6) is 0.855. The van der Waals surface area contributed by atoms with Crippen LogP contribution < -0.4 is 10.1 Å². The molecule has 0 amide bonds. The quantitative estimate of drug-likeness (QED) is 0.695. The number of aryl methyl sites for hydroxylation is 2.